The second-order valence-electron chi connectivity index (χ2n) is 6.72. The number of H-pyrrole nitrogens is 1. The maximum absolute atomic E-state index is 12.8. The molecule has 0 aliphatic heterocycles. The fourth-order valence-corrected chi connectivity index (χ4v) is 2.78. The van der Waals surface area contributed by atoms with Gasteiger partial charge in [-0.3, -0.25) is 4.79 Å². The Morgan fingerprint density at radius 1 is 1.15 bits per heavy atom. The number of anilines is 1. The van der Waals surface area contributed by atoms with Gasteiger partial charge in [0.1, 0.15) is 18.5 Å². The number of carbonyl (C=O) groups excluding carboxylic acids is 1. The number of hydrogen-bond donors (Lipinski definition) is 4. The topological polar surface area (TPSA) is 86.4 Å². The highest BCUT2D eigenvalue weighted by molar-refractivity contribution is 6.10. The van der Waals surface area contributed by atoms with Crippen molar-refractivity contribution in [2.24, 2.45) is 0 Å². The number of aromatic nitrogens is 1. The number of para-hydroxylation sites is 1. The summed E-state index contributed by atoms with van der Waals surface area (Å²) in [6.45, 7) is 4.56. The van der Waals surface area contributed by atoms with Gasteiger partial charge in [0.25, 0.3) is 5.91 Å². The molecule has 4 N–H and O–H groups in total. The third kappa shape index (κ3) is 4.87. The van der Waals surface area contributed by atoms with E-state index in [0.29, 0.717) is 17.9 Å². The van der Waals surface area contributed by atoms with Crippen molar-refractivity contribution in [3.8, 4) is 5.75 Å². The van der Waals surface area contributed by atoms with Crippen molar-refractivity contribution in [1.82, 2.24) is 10.3 Å². The second-order valence-corrected chi connectivity index (χ2v) is 6.72. The van der Waals surface area contributed by atoms with Crippen LogP contribution in [0, 0.1) is 0 Å². The minimum absolute atomic E-state index is 0.109. The van der Waals surface area contributed by atoms with Gasteiger partial charge >= 0.3 is 0 Å². The highest BCUT2D eigenvalue weighted by atomic mass is 16.5. The lowest BCUT2D eigenvalue weighted by Gasteiger charge is -2.16. The summed E-state index contributed by atoms with van der Waals surface area (Å²) in [4.78, 5) is 15.9. The van der Waals surface area contributed by atoms with E-state index in [1.54, 1.807) is 24.3 Å². The maximum Gasteiger partial charge on any atom is 0.259 e. The van der Waals surface area contributed by atoms with Crippen LogP contribution in [0.1, 0.15) is 24.2 Å². The first-order valence-electron chi connectivity index (χ1n) is 9.05. The van der Waals surface area contributed by atoms with Gasteiger partial charge in [0.2, 0.25) is 0 Å². The number of amides is 1. The molecule has 1 unspecified atom stereocenters. The van der Waals surface area contributed by atoms with E-state index in [4.69, 9.17) is 4.74 Å². The number of benzene rings is 2. The van der Waals surface area contributed by atoms with Crippen LogP contribution in [0.3, 0.4) is 0 Å². The Morgan fingerprint density at radius 3 is 2.78 bits per heavy atom. The molecule has 3 aromatic rings. The normalized spacial score (nSPS) is 12.3. The van der Waals surface area contributed by atoms with Crippen LogP contribution in [0.25, 0.3) is 10.9 Å². The summed E-state index contributed by atoms with van der Waals surface area (Å²) in [6.07, 6.45) is 1.18. The molecule has 0 aliphatic rings. The van der Waals surface area contributed by atoms with Crippen LogP contribution < -0.4 is 15.4 Å². The fraction of sp³-hybridized carbons (Fsp3) is 0.286. The molecule has 3 rings (SSSR count). The zero-order valence-electron chi connectivity index (χ0n) is 15.5. The highest BCUT2D eigenvalue weighted by Crippen LogP contribution is 2.25. The molecule has 1 heterocycles. The molecule has 27 heavy (non-hydrogen) atoms. The molecule has 0 fully saturated rings. The Bertz CT molecular complexity index is 904. The summed E-state index contributed by atoms with van der Waals surface area (Å²) in [5, 5.41) is 17.1. The summed E-state index contributed by atoms with van der Waals surface area (Å²) < 4.78 is 5.71. The van der Waals surface area contributed by atoms with Crippen molar-refractivity contribution in [3.05, 3.63) is 60.3 Å². The van der Waals surface area contributed by atoms with Crippen molar-refractivity contribution < 1.29 is 14.6 Å². The third-order valence-corrected chi connectivity index (χ3v) is 4.17. The summed E-state index contributed by atoms with van der Waals surface area (Å²) in [5.41, 5.74) is 2.11. The van der Waals surface area contributed by atoms with Crippen molar-refractivity contribution in [3.63, 3.8) is 0 Å². The summed E-state index contributed by atoms with van der Waals surface area (Å²) in [5.74, 6) is 0.189. The van der Waals surface area contributed by atoms with E-state index >= 15 is 0 Å². The first-order chi connectivity index (χ1) is 13.0. The Labute approximate surface area is 158 Å². The van der Waals surface area contributed by atoms with Gasteiger partial charge in [-0.2, -0.15) is 0 Å². The predicted molar refractivity (Wildman–Crippen MR) is 107 cm³/mol. The second kappa shape index (κ2) is 8.70. The lowest BCUT2D eigenvalue weighted by Crippen LogP contribution is -2.35. The standard InChI is InChI=1S/C21H25N3O3/c1-14(2)23-12-15(25)13-27-20-9-4-3-6-17(20)21(26)24-19-8-5-7-18-16(19)10-11-22-18/h3-11,14-15,22-23,25H,12-13H2,1-2H3,(H,24,26). The van der Waals surface area contributed by atoms with Gasteiger partial charge in [0.15, 0.2) is 0 Å². The van der Waals surface area contributed by atoms with E-state index in [2.05, 4.69) is 15.6 Å². The lowest BCUT2D eigenvalue weighted by molar-refractivity contribution is 0.0974. The van der Waals surface area contributed by atoms with E-state index in [9.17, 15) is 9.90 Å². The number of aliphatic hydroxyl groups is 1. The Kier molecular flexibility index (Phi) is 6.11. The average Bonchev–Trinajstić information content (AvgIpc) is 3.14. The molecule has 6 nitrogen and oxygen atoms in total. The van der Waals surface area contributed by atoms with Gasteiger partial charge in [-0.05, 0) is 30.3 Å². The van der Waals surface area contributed by atoms with E-state index in [0.717, 1.165) is 16.6 Å². The van der Waals surface area contributed by atoms with Crippen LogP contribution in [0.5, 0.6) is 5.75 Å². The summed E-state index contributed by atoms with van der Waals surface area (Å²) in [7, 11) is 0. The molecule has 0 bridgehead atoms. The van der Waals surface area contributed by atoms with E-state index < -0.39 is 6.10 Å². The number of rotatable bonds is 8. The number of nitrogens with one attached hydrogen (secondary N) is 3. The number of aromatic amines is 1. The van der Waals surface area contributed by atoms with Crippen LogP contribution >= 0.6 is 0 Å². The molecule has 1 atom stereocenters. The molecule has 0 radical (unpaired) electrons. The Balaban J connectivity index is 1.69. The highest BCUT2D eigenvalue weighted by Gasteiger charge is 2.15. The number of fused-ring (bicyclic) bond motifs is 1. The maximum atomic E-state index is 12.8. The molecular formula is C21H25N3O3. The fourth-order valence-electron chi connectivity index (χ4n) is 2.78. The number of ether oxygens (including phenoxy) is 1. The van der Waals surface area contributed by atoms with Crippen molar-refractivity contribution in [2.45, 2.75) is 26.0 Å². The molecule has 2 aromatic carbocycles. The van der Waals surface area contributed by atoms with Gasteiger partial charge in [-0.1, -0.05) is 32.0 Å². The molecule has 1 amide bonds. The van der Waals surface area contributed by atoms with E-state index in [1.165, 1.54) is 0 Å². The molecule has 0 saturated heterocycles. The number of hydrogen-bond acceptors (Lipinski definition) is 4. The summed E-state index contributed by atoms with van der Waals surface area (Å²) in [6, 6.07) is 14.9. The van der Waals surface area contributed by atoms with Crippen LogP contribution in [-0.4, -0.2) is 41.3 Å². The van der Waals surface area contributed by atoms with Crippen LogP contribution in [0.4, 0.5) is 5.69 Å². The molecule has 1 aromatic heterocycles. The van der Waals surface area contributed by atoms with Crippen LogP contribution in [-0.2, 0) is 0 Å². The monoisotopic (exact) mass is 367 g/mol. The third-order valence-electron chi connectivity index (χ3n) is 4.17. The van der Waals surface area contributed by atoms with Gasteiger partial charge in [-0.15, -0.1) is 0 Å². The van der Waals surface area contributed by atoms with Crippen molar-refractivity contribution in [1.29, 1.82) is 0 Å². The Hall–Kier alpha value is -2.83. The molecule has 6 heteroatoms. The van der Waals surface area contributed by atoms with Gasteiger partial charge in [0.05, 0.1) is 11.3 Å². The SMILES string of the molecule is CC(C)NCC(O)COc1ccccc1C(=O)Nc1cccc2[nH]ccc12. The number of aliphatic hydroxyl groups excluding tert-OH is 1. The summed E-state index contributed by atoms with van der Waals surface area (Å²) >= 11 is 0. The minimum atomic E-state index is -0.655. The molecular weight excluding hydrogens is 342 g/mol. The van der Waals surface area contributed by atoms with Crippen LogP contribution in [0.15, 0.2) is 54.7 Å². The van der Waals surface area contributed by atoms with E-state index in [1.807, 2.05) is 44.3 Å². The molecule has 0 saturated carbocycles. The quantitative estimate of drug-likeness (QED) is 0.493. The largest absolute Gasteiger partial charge is 0.490 e. The molecule has 0 spiro atoms. The smallest absolute Gasteiger partial charge is 0.259 e. The Morgan fingerprint density at radius 2 is 1.96 bits per heavy atom. The zero-order chi connectivity index (χ0) is 19.2. The van der Waals surface area contributed by atoms with E-state index in [-0.39, 0.29) is 18.6 Å². The first-order valence-corrected chi connectivity index (χ1v) is 9.05. The lowest BCUT2D eigenvalue weighted by atomic mass is 10.1. The van der Waals surface area contributed by atoms with Gasteiger partial charge < -0.3 is 25.5 Å². The molecule has 0 aliphatic carbocycles. The average molecular weight is 367 g/mol. The zero-order valence-corrected chi connectivity index (χ0v) is 15.5. The van der Waals surface area contributed by atoms with Crippen molar-refractivity contribution >= 4 is 22.5 Å². The van der Waals surface area contributed by atoms with Gasteiger partial charge in [0, 0.05) is 29.7 Å². The predicted octanol–water partition coefficient (Wildman–Crippen LogP) is 3.16. The number of carbonyl (C=O) groups is 1. The molecule has 142 valence electrons. The van der Waals surface area contributed by atoms with Crippen LogP contribution in [0.2, 0.25) is 0 Å². The van der Waals surface area contributed by atoms with Crippen molar-refractivity contribution in [2.75, 3.05) is 18.5 Å². The minimum Gasteiger partial charge on any atom is -0.490 e. The van der Waals surface area contributed by atoms with Gasteiger partial charge in [-0.25, -0.2) is 0 Å². The first kappa shape index (κ1) is 18.9.